The summed E-state index contributed by atoms with van der Waals surface area (Å²) in [5.41, 5.74) is 7.80. The molecule has 3 N–H and O–H groups in total. The first kappa shape index (κ1) is 43.2. The lowest BCUT2D eigenvalue weighted by Gasteiger charge is -2.28. The van der Waals surface area contributed by atoms with Crippen LogP contribution in [0.5, 0.6) is 0 Å². The Morgan fingerprint density at radius 3 is 1.78 bits per heavy atom. The Hall–Kier alpha value is -5.41. The largest absolute Gasteiger partial charge is 0.347 e. The number of anilines is 3. The molecule has 0 fully saturated rings. The van der Waals surface area contributed by atoms with Crippen LogP contribution in [-0.4, -0.2) is 63.9 Å². The van der Waals surface area contributed by atoms with Crippen LogP contribution in [0.2, 0.25) is 15.2 Å². The van der Waals surface area contributed by atoms with Crippen molar-refractivity contribution in [2.24, 2.45) is 0 Å². The van der Waals surface area contributed by atoms with Crippen LogP contribution < -0.4 is 20.9 Å². The molecule has 8 heterocycles. The number of aryl methyl sites for hydroxylation is 4. The molecule has 0 aliphatic carbocycles. The molecule has 308 valence electrons. The molecular weight excluding hydrogens is 811 g/mol. The number of halogens is 3. The van der Waals surface area contributed by atoms with Crippen molar-refractivity contribution in [3.05, 3.63) is 111 Å². The highest BCUT2D eigenvalue weighted by Gasteiger charge is 2.22. The number of nitrogens with zero attached hydrogens (tertiary/aromatic N) is 9. The highest BCUT2D eigenvalue weighted by Crippen LogP contribution is 2.33. The molecule has 0 spiro atoms. The Balaban J connectivity index is 0.000000164. The molecule has 2 aliphatic heterocycles. The Morgan fingerprint density at radius 2 is 1.22 bits per heavy atom. The Kier molecular flexibility index (Phi) is 14.3. The van der Waals surface area contributed by atoms with Crippen LogP contribution >= 0.6 is 34.8 Å². The normalized spacial score (nSPS) is 12.9. The number of imidazole rings is 2. The van der Waals surface area contributed by atoms with Crippen LogP contribution in [0.25, 0.3) is 22.5 Å². The molecular formula is C42H47Cl3N12O2. The number of nitrogens with one attached hydrogen (secondary N) is 3. The van der Waals surface area contributed by atoms with Crippen LogP contribution in [0, 0.1) is 27.7 Å². The third kappa shape index (κ3) is 11.0. The van der Waals surface area contributed by atoms with E-state index in [9.17, 15) is 9.59 Å². The maximum atomic E-state index is 11.6. The summed E-state index contributed by atoms with van der Waals surface area (Å²) in [5.74, 6) is 3.94. The number of carbonyl (C=O) groups excluding carboxylic acids is 2. The first-order valence-electron chi connectivity index (χ1n) is 19.3. The maximum Gasteiger partial charge on any atom is 0.225 e. The Morgan fingerprint density at radius 1 is 0.678 bits per heavy atom. The molecule has 59 heavy (non-hydrogen) atoms. The molecule has 0 unspecified atom stereocenters. The number of rotatable bonds is 7. The second-order valence-electron chi connectivity index (χ2n) is 14.2. The van der Waals surface area contributed by atoms with Crippen LogP contribution in [0.1, 0.15) is 60.6 Å². The maximum absolute atomic E-state index is 11.6. The van der Waals surface area contributed by atoms with E-state index >= 15 is 0 Å². The lowest BCUT2D eigenvalue weighted by atomic mass is 10.1. The van der Waals surface area contributed by atoms with E-state index in [1.165, 1.54) is 0 Å². The minimum atomic E-state index is -0.0396. The molecule has 17 heteroatoms. The van der Waals surface area contributed by atoms with E-state index in [-0.39, 0.29) is 11.8 Å². The van der Waals surface area contributed by atoms with E-state index in [2.05, 4.69) is 72.0 Å². The van der Waals surface area contributed by atoms with Gasteiger partial charge in [0, 0.05) is 87.3 Å². The SMILES string of the molecule is CCC(=O)Nc1cn2c(n1)CN(c1cc(-c3ncc(C)cc3C)c(Cl)cn1)CC2.CCC(=O)Nc1cn2c(n1)CNCC2.Cc1cnc(-c2cc(Cl)ncc2Cl)c(C)c1. The van der Waals surface area contributed by atoms with E-state index in [0.29, 0.717) is 46.2 Å². The summed E-state index contributed by atoms with van der Waals surface area (Å²) in [6.45, 7) is 16.5. The molecule has 14 nitrogen and oxygen atoms in total. The molecule has 8 rings (SSSR count). The number of pyridine rings is 4. The highest BCUT2D eigenvalue weighted by molar-refractivity contribution is 6.34. The van der Waals surface area contributed by atoms with Gasteiger partial charge in [-0.2, -0.15) is 0 Å². The molecule has 6 aromatic heterocycles. The first-order chi connectivity index (χ1) is 28.3. The van der Waals surface area contributed by atoms with Crippen molar-refractivity contribution in [2.75, 3.05) is 28.6 Å². The molecule has 6 aromatic rings. The average Bonchev–Trinajstić information content (AvgIpc) is 3.82. The van der Waals surface area contributed by atoms with Gasteiger partial charge in [-0.15, -0.1) is 0 Å². The van der Waals surface area contributed by atoms with Gasteiger partial charge in [0.1, 0.15) is 22.6 Å². The van der Waals surface area contributed by atoms with Crippen LogP contribution in [0.3, 0.4) is 0 Å². The molecule has 0 atom stereocenters. The number of hydrogen-bond donors (Lipinski definition) is 3. The van der Waals surface area contributed by atoms with Crippen molar-refractivity contribution in [1.82, 2.24) is 44.4 Å². The molecule has 0 bridgehead atoms. The Bertz CT molecular complexity index is 2440. The standard InChI is InChI=1S/C21H23ClN6O.C12H10Cl2N2.C9H14N4O/c1-4-20(29)26-17-11-27-5-6-28(12-19(27)25-17)18-8-15(16(22)10-23-18)21-14(3)7-13(2)9-24-21;1-7-3-8(2)12(16-5-7)9-4-11(14)15-6-10(9)13;1-2-9(14)12-7-6-13-4-3-10-5-8(13)11-7/h7-11H,4-6,12H2,1-3H3,(H,26,29);3-6H,1-2H3;6,10H,2-5H2,1H3,(H,12,14). The first-order valence-corrected chi connectivity index (χ1v) is 20.5. The number of aromatic nitrogens is 8. The van der Waals surface area contributed by atoms with Gasteiger partial charge in [0.05, 0.1) is 34.5 Å². The summed E-state index contributed by atoms with van der Waals surface area (Å²) in [5, 5.41) is 10.4. The second-order valence-corrected chi connectivity index (χ2v) is 15.4. The van der Waals surface area contributed by atoms with E-state index in [1.54, 1.807) is 18.5 Å². The van der Waals surface area contributed by atoms with Crippen LogP contribution in [0.15, 0.2) is 61.4 Å². The zero-order valence-corrected chi connectivity index (χ0v) is 36.2. The van der Waals surface area contributed by atoms with E-state index in [4.69, 9.17) is 34.8 Å². The highest BCUT2D eigenvalue weighted by atomic mass is 35.5. The predicted molar refractivity (Wildman–Crippen MR) is 234 cm³/mol. The fourth-order valence-corrected chi connectivity index (χ4v) is 7.13. The van der Waals surface area contributed by atoms with Crippen molar-refractivity contribution in [1.29, 1.82) is 0 Å². The van der Waals surface area contributed by atoms with Gasteiger partial charge in [0.25, 0.3) is 0 Å². The topological polar surface area (TPSA) is 161 Å². The lowest BCUT2D eigenvalue weighted by molar-refractivity contribution is -0.116. The van der Waals surface area contributed by atoms with Gasteiger partial charge < -0.3 is 30.0 Å². The van der Waals surface area contributed by atoms with Crippen molar-refractivity contribution in [3.8, 4) is 22.5 Å². The van der Waals surface area contributed by atoms with Gasteiger partial charge in [0.2, 0.25) is 11.8 Å². The smallest absolute Gasteiger partial charge is 0.225 e. The third-order valence-electron chi connectivity index (χ3n) is 9.58. The van der Waals surface area contributed by atoms with Crippen molar-refractivity contribution in [2.45, 2.75) is 80.6 Å². The fraction of sp³-hybridized carbons (Fsp3) is 0.333. The lowest BCUT2D eigenvalue weighted by Crippen LogP contribution is -2.34. The number of carbonyl (C=O) groups is 2. The molecule has 2 aliphatic rings. The minimum absolute atomic E-state index is 0.00778. The Labute approximate surface area is 358 Å². The van der Waals surface area contributed by atoms with Gasteiger partial charge in [-0.1, -0.05) is 60.8 Å². The molecule has 0 aromatic carbocycles. The average molecular weight is 858 g/mol. The van der Waals surface area contributed by atoms with E-state index < -0.39 is 0 Å². The minimum Gasteiger partial charge on any atom is -0.347 e. The quantitative estimate of drug-likeness (QED) is 0.133. The zero-order chi connectivity index (χ0) is 42.2. The fourth-order valence-electron chi connectivity index (χ4n) is 6.59. The molecule has 0 saturated heterocycles. The van der Waals surface area contributed by atoms with Crippen molar-refractivity contribution < 1.29 is 9.59 Å². The summed E-state index contributed by atoms with van der Waals surface area (Å²) in [7, 11) is 0. The molecule has 2 amide bonds. The van der Waals surface area contributed by atoms with Gasteiger partial charge in [0.15, 0.2) is 11.6 Å². The van der Waals surface area contributed by atoms with Gasteiger partial charge in [-0.25, -0.2) is 19.9 Å². The number of hydrogen-bond acceptors (Lipinski definition) is 10. The zero-order valence-electron chi connectivity index (χ0n) is 33.9. The monoisotopic (exact) mass is 856 g/mol. The summed E-state index contributed by atoms with van der Waals surface area (Å²) >= 11 is 18.4. The van der Waals surface area contributed by atoms with Gasteiger partial charge in [-0.05, 0) is 62.1 Å². The van der Waals surface area contributed by atoms with Gasteiger partial charge in [-0.3, -0.25) is 19.6 Å². The van der Waals surface area contributed by atoms with Crippen molar-refractivity contribution >= 4 is 64.1 Å². The molecule has 0 saturated carbocycles. The second kappa shape index (κ2) is 19.6. The molecule has 0 radical (unpaired) electrons. The van der Waals surface area contributed by atoms with E-state index in [0.717, 1.165) is 95.0 Å². The predicted octanol–water partition coefficient (Wildman–Crippen LogP) is 8.38. The summed E-state index contributed by atoms with van der Waals surface area (Å²) < 4.78 is 4.14. The summed E-state index contributed by atoms with van der Waals surface area (Å²) in [6.07, 6.45) is 11.6. The third-order valence-corrected chi connectivity index (χ3v) is 10.4. The summed E-state index contributed by atoms with van der Waals surface area (Å²) in [4.78, 5) is 51.2. The number of amides is 2. The number of fused-ring (bicyclic) bond motifs is 2. The van der Waals surface area contributed by atoms with Crippen LogP contribution in [-0.2, 0) is 35.8 Å². The van der Waals surface area contributed by atoms with E-state index in [1.807, 2.05) is 72.4 Å². The summed E-state index contributed by atoms with van der Waals surface area (Å²) in [6, 6.07) is 7.88. The van der Waals surface area contributed by atoms with Gasteiger partial charge >= 0.3 is 0 Å². The van der Waals surface area contributed by atoms with Crippen LogP contribution in [0.4, 0.5) is 17.5 Å². The van der Waals surface area contributed by atoms with Crippen molar-refractivity contribution in [3.63, 3.8) is 0 Å².